The number of rotatable bonds is 7. The molecule has 5 nitrogen and oxygen atoms in total. The van der Waals surface area contributed by atoms with E-state index in [1.165, 1.54) is 19.2 Å². The highest BCUT2D eigenvalue weighted by molar-refractivity contribution is 7.89. The molecule has 124 valence electrons. The van der Waals surface area contributed by atoms with Gasteiger partial charge in [0.2, 0.25) is 10.0 Å². The molecule has 0 fully saturated rings. The Bertz CT molecular complexity index is 755. The molecule has 0 amide bonds. The van der Waals surface area contributed by atoms with Crippen molar-refractivity contribution in [1.29, 1.82) is 0 Å². The molecular formula is C17H21NO4S. The van der Waals surface area contributed by atoms with E-state index in [9.17, 15) is 8.42 Å². The van der Waals surface area contributed by atoms with Gasteiger partial charge in [0.1, 0.15) is 11.5 Å². The molecule has 0 spiro atoms. The summed E-state index contributed by atoms with van der Waals surface area (Å²) in [7, 11) is -0.386. The van der Waals surface area contributed by atoms with Crippen LogP contribution in [0.25, 0.3) is 0 Å². The summed E-state index contributed by atoms with van der Waals surface area (Å²) in [4.78, 5) is 0.217. The average Bonchev–Trinajstić information content (AvgIpc) is 2.55. The summed E-state index contributed by atoms with van der Waals surface area (Å²) in [6, 6.07) is 12.1. The van der Waals surface area contributed by atoms with Crippen LogP contribution in [-0.2, 0) is 16.4 Å². The highest BCUT2D eigenvalue weighted by atomic mass is 32.2. The lowest BCUT2D eigenvalue weighted by Gasteiger charge is -2.11. The van der Waals surface area contributed by atoms with Gasteiger partial charge in [-0.15, -0.1) is 0 Å². The van der Waals surface area contributed by atoms with Crippen molar-refractivity contribution in [2.45, 2.75) is 18.2 Å². The molecule has 0 aliphatic heterocycles. The molecule has 23 heavy (non-hydrogen) atoms. The van der Waals surface area contributed by atoms with Crippen LogP contribution in [0, 0.1) is 6.92 Å². The third kappa shape index (κ3) is 4.46. The summed E-state index contributed by atoms with van der Waals surface area (Å²) < 4.78 is 37.5. The highest BCUT2D eigenvalue weighted by Gasteiger charge is 2.14. The maximum Gasteiger partial charge on any atom is 0.240 e. The molecule has 2 aromatic rings. The normalized spacial score (nSPS) is 11.3. The first-order chi connectivity index (χ1) is 11.0. The van der Waals surface area contributed by atoms with Crippen molar-refractivity contribution in [3.63, 3.8) is 0 Å². The number of sulfonamides is 1. The molecule has 0 saturated carbocycles. The quantitative estimate of drug-likeness (QED) is 0.844. The zero-order valence-corrected chi connectivity index (χ0v) is 14.3. The highest BCUT2D eigenvalue weighted by Crippen LogP contribution is 2.20. The van der Waals surface area contributed by atoms with Crippen LogP contribution >= 0.6 is 0 Å². The van der Waals surface area contributed by atoms with Crippen LogP contribution in [-0.4, -0.2) is 29.2 Å². The molecule has 0 aromatic heterocycles. The second-order valence-electron chi connectivity index (χ2n) is 5.14. The number of methoxy groups -OCH3 is 2. The topological polar surface area (TPSA) is 64.6 Å². The molecule has 0 aliphatic rings. The van der Waals surface area contributed by atoms with Gasteiger partial charge in [-0.3, -0.25) is 0 Å². The smallest absolute Gasteiger partial charge is 0.240 e. The number of benzene rings is 2. The van der Waals surface area contributed by atoms with Gasteiger partial charge in [-0.05, 0) is 49.2 Å². The van der Waals surface area contributed by atoms with Crippen LogP contribution < -0.4 is 14.2 Å². The van der Waals surface area contributed by atoms with Crippen molar-refractivity contribution in [2.24, 2.45) is 0 Å². The van der Waals surface area contributed by atoms with Crippen LogP contribution in [0.1, 0.15) is 11.1 Å². The van der Waals surface area contributed by atoms with Crippen molar-refractivity contribution < 1.29 is 17.9 Å². The minimum atomic E-state index is -3.53. The molecule has 0 heterocycles. The number of hydrogen-bond donors (Lipinski definition) is 1. The summed E-state index contributed by atoms with van der Waals surface area (Å²) in [5.41, 5.74) is 2.09. The van der Waals surface area contributed by atoms with E-state index in [1.807, 2.05) is 25.1 Å². The second-order valence-corrected chi connectivity index (χ2v) is 6.91. The van der Waals surface area contributed by atoms with E-state index in [2.05, 4.69) is 4.72 Å². The van der Waals surface area contributed by atoms with Gasteiger partial charge in [-0.2, -0.15) is 0 Å². The maximum atomic E-state index is 12.3. The molecule has 0 saturated heterocycles. The van der Waals surface area contributed by atoms with E-state index in [4.69, 9.17) is 9.47 Å². The Morgan fingerprint density at radius 2 is 1.70 bits per heavy atom. The van der Waals surface area contributed by atoms with Gasteiger partial charge in [-0.25, -0.2) is 13.1 Å². The van der Waals surface area contributed by atoms with E-state index in [1.54, 1.807) is 19.2 Å². The minimum absolute atomic E-state index is 0.217. The summed E-state index contributed by atoms with van der Waals surface area (Å²) in [5.74, 6) is 1.38. The molecule has 6 heteroatoms. The predicted octanol–water partition coefficient (Wildman–Crippen LogP) is 2.53. The van der Waals surface area contributed by atoms with E-state index >= 15 is 0 Å². The lowest BCUT2D eigenvalue weighted by Crippen LogP contribution is -2.26. The van der Waals surface area contributed by atoms with E-state index < -0.39 is 10.0 Å². The Kier molecular flexibility index (Phi) is 5.63. The molecule has 0 radical (unpaired) electrons. The summed E-state index contributed by atoms with van der Waals surface area (Å²) in [6.45, 7) is 2.29. The van der Waals surface area contributed by atoms with Gasteiger partial charge in [0.25, 0.3) is 0 Å². The zero-order chi connectivity index (χ0) is 16.9. The summed E-state index contributed by atoms with van der Waals surface area (Å²) >= 11 is 0. The predicted molar refractivity (Wildman–Crippen MR) is 89.6 cm³/mol. The van der Waals surface area contributed by atoms with Gasteiger partial charge in [0.05, 0.1) is 19.1 Å². The van der Waals surface area contributed by atoms with Gasteiger partial charge in [-0.1, -0.05) is 17.7 Å². The first-order valence-electron chi connectivity index (χ1n) is 7.23. The zero-order valence-electron chi connectivity index (χ0n) is 13.5. The van der Waals surface area contributed by atoms with Gasteiger partial charge < -0.3 is 9.47 Å². The van der Waals surface area contributed by atoms with Crippen LogP contribution in [0.3, 0.4) is 0 Å². The lowest BCUT2D eigenvalue weighted by atomic mass is 10.1. The minimum Gasteiger partial charge on any atom is -0.497 e. The molecule has 0 bridgehead atoms. The Morgan fingerprint density at radius 3 is 2.30 bits per heavy atom. The van der Waals surface area contributed by atoms with E-state index in [0.29, 0.717) is 18.7 Å². The second kappa shape index (κ2) is 7.48. The lowest BCUT2D eigenvalue weighted by molar-refractivity contribution is 0.409. The Morgan fingerprint density at radius 1 is 1.00 bits per heavy atom. The first kappa shape index (κ1) is 17.3. The van der Waals surface area contributed by atoms with E-state index in [-0.39, 0.29) is 4.90 Å². The number of aryl methyl sites for hydroxylation is 1. The van der Waals surface area contributed by atoms with Crippen LogP contribution in [0.2, 0.25) is 0 Å². The summed E-state index contributed by atoms with van der Waals surface area (Å²) in [6.07, 6.45) is 0.556. The standard InChI is InChI=1S/C17H21NO4S/c1-13-4-9-17(22-3)14(12-13)10-11-18-23(19,20)16-7-5-15(21-2)6-8-16/h4-9,12,18H,10-11H2,1-3H3. The van der Waals surface area contributed by atoms with Crippen molar-refractivity contribution in [2.75, 3.05) is 20.8 Å². The van der Waals surface area contributed by atoms with Crippen molar-refractivity contribution in [3.05, 3.63) is 53.6 Å². The van der Waals surface area contributed by atoms with Gasteiger partial charge >= 0.3 is 0 Å². The molecule has 0 unspecified atom stereocenters. The first-order valence-corrected chi connectivity index (χ1v) is 8.72. The van der Waals surface area contributed by atoms with Crippen molar-refractivity contribution in [3.8, 4) is 11.5 Å². The number of nitrogens with one attached hydrogen (secondary N) is 1. The molecule has 2 aromatic carbocycles. The molecule has 0 aliphatic carbocycles. The van der Waals surface area contributed by atoms with Crippen LogP contribution in [0.15, 0.2) is 47.4 Å². The fourth-order valence-corrected chi connectivity index (χ4v) is 3.29. The number of ether oxygens (including phenoxy) is 2. The Labute approximate surface area is 137 Å². The van der Waals surface area contributed by atoms with Crippen molar-refractivity contribution >= 4 is 10.0 Å². The fourth-order valence-electron chi connectivity index (χ4n) is 2.26. The van der Waals surface area contributed by atoms with Crippen molar-refractivity contribution in [1.82, 2.24) is 4.72 Å². The maximum absolute atomic E-state index is 12.3. The SMILES string of the molecule is COc1ccc(S(=O)(=O)NCCc2cc(C)ccc2OC)cc1. The molecular weight excluding hydrogens is 314 g/mol. The third-order valence-electron chi connectivity index (χ3n) is 3.49. The van der Waals surface area contributed by atoms with Gasteiger partial charge in [0, 0.05) is 6.54 Å². The monoisotopic (exact) mass is 335 g/mol. The van der Waals surface area contributed by atoms with Crippen LogP contribution in [0.4, 0.5) is 0 Å². The molecule has 2 rings (SSSR count). The Hall–Kier alpha value is -2.05. The fraction of sp³-hybridized carbons (Fsp3) is 0.294. The van der Waals surface area contributed by atoms with Crippen LogP contribution in [0.5, 0.6) is 11.5 Å². The van der Waals surface area contributed by atoms with Gasteiger partial charge in [0.15, 0.2) is 0 Å². The third-order valence-corrected chi connectivity index (χ3v) is 4.97. The molecule has 0 atom stereocenters. The van der Waals surface area contributed by atoms with E-state index in [0.717, 1.165) is 16.9 Å². The Balaban J connectivity index is 2.03. The largest absolute Gasteiger partial charge is 0.497 e. The average molecular weight is 335 g/mol. The molecule has 1 N–H and O–H groups in total. The number of hydrogen-bond acceptors (Lipinski definition) is 4. The summed E-state index contributed by atoms with van der Waals surface area (Å²) in [5, 5.41) is 0.